The van der Waals surface area contributed by atoms with E-state index in [0.717, 1.165) is 6.42 Å². The quantitative estimate of drug-likeness (QED) is 0.184. The predicted octanol–water partition coefficient (Wildman–Crippen LogP) is -1.99. The molecule has 0 aliphatic carbocycles. The molecule has 7 nitrogen and oxygen atoms in total. The number of nitrogens with one attached hydrogen (secondary N) is 3. The normalized spacial score (nSPS) is 9.20. The van der Waals surface area contributed by atoms with Crippen LogP contribution in [0.3, 0.4) is 0 Å². The summed E-state index contributed by atoms with van der Waals surface area (Å²) in [5, 5.41) is 4.88. The minimum absolute atomic E-state index is 0.113. The van der Waals surface area contributed by atoms with E-state index in [2.05, 4.69) is 10.6 Å². The first-order valence-electron chi connectivity index (χ1n) is 4.67. The van der Waals surface area contributed by atoms with Gasteiger partial charge in [-0.2, -0.15) is 0 Å². The van der Waals surface area contributed by atoms with E-state index in [1.165, 1.54) is 0 Å². The number of nitrogens with two attached hydrogens (primary N) is 1. The molecule has 0 rings (SSSR count). The second kappa shape index (κ2) is 7.74. The van der Waals surface area contributed by atoms with E-state index in [0.29, 0.717) is 6.54 Å². The van der Waals surface area contributed by atoms with Crippen LogP contribution in [0.25, 0.3) is 0 Å². The maximum atomic E-state index is 11.0. The Morgan fingerprint density at radius 1 is 1.07 bits per heavy atom. The molecule has 0 aliphatic rings. The summed E-state index contributed by atoms with van der Waals surface area (Å²) in [5.74, 6) is 2.80. The molecule has 0 aromatic carbocycles. The van der Waals surface area contributed by atoms with Crippen molar-refractivity contribution >= 4 is 17.7 Å². The third-order valence-electron chi connectivity index (χ3n) is 1.55. The Labute approximate surface area is 87.7 Å². The van der Waals surface area contributed by atoms with Crippen molar-refractivity contribution in [2.24, 2.45) is 5.84 Å². The van der Waals surface area contributed by atoms with Crippen LogP contribution < -0.4 is 21.9 Å². The van der Waals surface area contributed by atoms with Crippen LogP contribution >= 0.6 is 0 Å². The summed E-state index contributed by atoms with van der Waals surface area (Å²) < 4.78 is 0. The molecule has 0 aliphatic heterocycles. The summed E-state index contributed by atoms with van der Waals surface area (Å²) in [4.78, 5) is 32.5. The highest BCUT2D eigenvalue weighted by atomic mass is 16.2. The molecule has 0 spiro atoms. The van der Waals surface area contributed by atoms with Gasteiger partial charge in [-0.25, -0.2) is 5.84 Å². The third kappa shape index (κ3) is 6.44. The summed E-state index contributed by atoms with van der Waals surface area (Å²) >= 11 is 0. The zero-order valence-electron chi connectivity index (χ0n) is 8.63. The van der Waals surface area contributed by atoms with Crippen molar-refractivity contribution in [2.45, 2.75) is 19.8 Å². The van der Waals surface area contributed by atoms with E-state index < -0.39 is 11.8 Å². The van der Waals surface area contributed by atoms with Crippen LogP contribution in [0.4, 0.5) is 0 Å². The highest BCUT2D eigenvalue weighted by Gasteiger charge is 2.10. The van der Waals surface area contributed by atoms with Crippen molar-refractivity contribution in [3.05, 3.63) is 0 Å². The lowest BCUT2D eigenvalue weighted by atomic mass is 10.3. The SMILES string of the molecule is CCCNC(=O)CCNC(=O)C(=O)NN. The van der Waals surface area contributed by atoms with Crippen molar-refractivity contribution in [3.8, 4) is 0 Å². The molecular weight excluding hydrogens is 200 g/mol. The molecule has 0 unspecified atom stereocenters. The third-order valence-corrected chi connectivity index (χ3v) is 1.55. The molecular formula is C8H16N4O3. The first kappa shape index (κ1) is 13.4. The van der Waals surface area contributed by atoms with Gasteiger partial charge in [-0.15, -0.1) is 0 Å². The van der Waals surface area contributed by atoms with E-state index in [9.17, 15) is 14.4 Å². The van der Waals surface area contributed by atoms with E-state index in [1.807, 2.05) is 6.92 Å². The summed E-state index contributed by atoms with van der Waals surface area (Å²) in [6.07, 6.45) is 0.997. The number of hydrogen-bond donors (Lipinski definition) is 4. The van der Waals surface area contributed by atoms with Crippen molar-refractivity contribution in [1.29, 1.82) is 0 Å². The Bertz CT molecular complexity index is 242. The van der Waals surface area contributed by atoms with Gasteiger partial charge >= 0.3 is 11.8 Å². The zero-order chi connectivity index (χ0) is 11.7. The Morgan fingerprint density at radius 3 is 2.27 bits per heavy atom. The number of hydrogen-bond acceptors (Lipinski definition) is 4. The molecule has 0 aromatic rings. The maximum absolute atomic E-state index is 11.0. The van der Waals surface area contributed by atoms with Gasteiger partial charge in [0, 0.05) is 19.5 Å². The topological polar surface area (TPSA) is 113 Å². The Balaban J connectivity index is 3.57. The molecule has 5 N–H and O–H groups in total. The molecule has 0 fully saturated rings. The first-order chi connectivity index (χ1) is 7.11. The number of carbonyl (C=O) groups is 3. The monoisotopic (exact) mass is 216 g/mol. The van der Waals surface area contributed by atoms with Crippen molar-refractivity contribution in [2.75, 3.05) is 13.1 Å². The molecule has 0 aromatic heterocycles. The molecule has 0 bridgehead atoms. The van der Waals surface area contributed by atoms with E-state index in [4.69, 9.17) is 5.84 Å². The van der Waals surface area contributed by atoms with E-state index in [-0.39, 0.29) is 18.9 Å². The summed E-state index contributed by atoms with van der Waals surface area (Å²) in [5.41, 5.74) is 1.69. The van der Waals surface area contributed by atoms with Gasteiger partial charge in [0.05, 0.1) is 0 Å². The van der Waals surface area contributed by atoms with E-state index in [1.54, 1.807) is 5.43 Å². The van der Waals surface area contributed by atoms with Gasteiger partial charge in [-0.3, -0.25) is 19.8 Å². The summed E-state index contributed by atoms with van der Waals surface area (Å²) in [7, 11) is 0. The molecule has 3 amide bonds. The predicted molar refractivity (Wildman–Crippen MR) is 53.3 cm³/mol. The minimum Gasteiger partial charge on any atom is -0.356 e. The Hall–Kier alpha value is -1.63. The van der Waals surface area contributed by atoms with Gasteiger partial charge < -0.3 is 10.6 Å². The van der Waals surface area contributed by atoms with Gasteiger partial charge in [0.2, 0.25) is 5.91 Å². The fraction of sp³-hybridized carbons (Fsp3) is 0.625. The van der Waals surface area contributed by atoms with Gasteiger partial charge in [-0.05, 0) is 6.42 Å². The molecule has 0 heterocycles. The summed E-state index contributed by atoms with van der Waals surface area (Å²) in [6.45, 7) is 2.66. The molecule has 0 atom stereocenters. The molecule has 15 heavy (non-hydrogen) atoms. The van der Waals surface area contributed by atoms with Gasteiger partial charge in [0.25, 0.3) is 0 Å². The van der Waals surface area contributed by atoms with Crippen molar-refractivity contribution in [3.63, 3.8) is 0 Å². The van der Waals surface area contributed by atoms with Gasteiger partial charge in [0.15, 0.2) is 0 Å². The van der Waals surface area contributed by atoms with Gasteiger partial charge in [0.1, 0.15) is 0 Å². The smallest absolute Gasteiger partial charge is 0.323 e. The first-order valence-corrected chi connectivity index (χ1v) is 4.67. The number of carbonyl (C=O) groups excluding carboxylic acids is 3. The van der Waals surface area contributed by atoms with Gasteiger partial charge in [-0.1, -0.05) is 6.92 Å². The van der Waals surface area contributed by atoms with Crippen LogP contribution in [0.2, 0.25) is 0 Å². The minimum atomic E-state index is -0.927. The largest absolute Gasteiger partial charge is 0.356 e. The standard InChI is InChI=1S/C8H16N4O3/c1-2-4-10-6(13)3-5-11-7(14)8(15)12-9/h2-5,9H2,1H3,(H,10,13)(H,11,14)(H,12,15). The Kier molecular flexibility index (Phi) is 6.90. The second-order valence-electron chi connectivity index (χ2n) is 2.83. The molecule has 0 saturated carbocycles. The van der Waals surface area contributed by atoms with Crippen LogP contribution in [-0.2, 0) is 14.4 Å². The van der Waals surface area contributed by atoms with Crippen molar-refractivity contribution in [1.82, 2.24) is 16.1 Å². The average molecular weight is 216 g/mol. The fourth-order valence-electron chi connectivity index (χ4n) is 0.788. The summed E-state index contributed by atoms with van der Waals surface area (Å²) in [6, 6.07) is 0. The highest BCUT2D eigenvalue weighted by molar-refractivity contribution is 6.34. The van der Waals surface area contributed by atoms with Crippen LogP contribution in [0.1, 0.15) is 19.8 Å². The lowest BCUT2D eigenvalue weighted by molar-refractivity contribution is -0.139. The number of rotatable bonds is 5. The fourth-order valence-corrected chi connectivity index (χ4v) is 0.788. The number of amides is 3. The molecule has 0 saturated heterocycles. The van der Waals surface area contributed by atoms with Crippen LogP contribution in [0.5, 0.6) is 0 Å². The molecule has 0 radical (unpaired) electrons. The number of hydrazine groups is 1. The van der Waals surface area contributed by atoms with E-state index >= 15 is 0 Å². The van der Waals surface area contributed by atoms with Crippen LogP contribution in [0, 0.1) is 0 Å². The maximum Gasteiger partial charge on any atom is 0.323 e. The molecule has 86 valence electrons. The lowest BCUT2D eigenvalue weighted by Gasteiger charge is -2.04. The van der Waals surface area contributed by atoms with Crippen molar-refractivity contribution < 1.29 is 14.4 Å². The lowest BCUT2D eigenvalue weighted by Crippen LogP contribution is -2.44. The average Bonchev–Trinajstić information content (AvgIpc) is 2.24. The van der Waals surface area contributed by atoms with Crippen LogP contribution in [0.15, 0.2) is 0 Å². The highest BCUT2D eigenvalue weighted by Crippen LogP contribution is 1.79. The van der Waals surface area contributed by atoms with Crippen LogP contribution in [-0.4, -0.2) is 30.8 Å². The zero-order valence-corrected chi connectivity index (χ0v) is 8.63. The second-order valence-corrected chi connectivity index (χ2v) is 2.83. The Morgan fingerprint density at radius 2 is 1.73 bits per heavy atom. The molecule has 7 heteroatoms.